The summed E-state index contributed by atoms with van der Waals surface area (Å²) in [6.45, 7) is 4.85. The molecule has 0 bridgehead atoms. The van der Waals surface area contributed by atoms with E-state index < -0.39 is 0 Å². The number of nitrogens with zero attached hydrogens (tertiary/aromatic N) is 1. The third-order valence-electron chi connectivity index (χ3n) is 3.45. The fraction of sp³-hybridized carbons (Fsp3) is 0.600. The fourth-order valence-electron chi connectivity index (χ4n) is 2.36. The zero-order valence-corrected chi connectivity index (χ0v) is 12.3. The van der Waals surface area contributed by atoms with Crippen LogP contribution in [-0.2, 0) is 11.3 Å². The minimum absolute atomic E-state index is 0.445. The van der Waals surface area contributed by atoms with Crippen LogP contribution in [0.3, 0.4) is 0 Å². The van der Waals surface area contributed by atoms with Gasteiger partial charge in [-0.3, -0.25) is 4.90 Å². The lowest BCUT2D eigenvalue weighted by Crippen LogP contribution is -2.34. The standard InChI is InChI=1S/C15H23ClN2O/c1-18(12-13-3-2-4-14(16)11-13)9-10-19-15-5-7-17-8-6-15/h2-4,11,15,17H,5-10,12H2,1H3. The van der Waals surface area contributed by atoms with Crippen molar-refractivity contribution < 1.29 is 4.74 Å². The summed E-state index contributed by atoms with van der Waals surface area (Å²) in [4.78, 5) is 2.27. The van der Waals surface area contributed by atoms with E-state index in [0.29, 0.717) is 6.10 Å². The lowest BCUT2D eigenvalue weighted by atomic mass is 10.1. The Kier molecular flexibility index (Phi) is 6.11. The van der Waals surface area contributed by atoms with Crippen molar-refractivity contribution in [1.82, 2.24) is 10.2 Å². The minimum atomic E-state index is 0.445. The molecule has 106 valence electrons. The SMILES string of the molecule is CN(CCOC1CCNCC1)Cc1cccc(Cl)c1. The molecule has 1 aliphatic heterocycles. The molecule has 1 fully saturated rings. The number of rotatable bonds is 6. The monoisotopic (exact) mass is 282 g/mol. The average molecular weight is 283 g/mol. The van der Waals surface area contributed by atoms with Gasteiger partial charge in [0.05, 0.1) is 12.7 Å². The number of piperidine rings is 1. The van der Waals surface area contributed by atoms with E-state index in [1.165, 1.54) is 5.56 Å². The first-order valence-corrected chi connectivity index (χ1v) is 7.37. The quantitative estimate of drug-likeness (QED) is 0.868. The molecule has 1 saturated heterocycles. The van der Waals surface area contributed by atoms with Crippen LogP contribution in [0.5, 0.6) is 0 Å². The third kappa shape index (κ3) is 5.49. The lowest BCUT2D eigenvalue weighted by Gasteiger charge is -2.24. The summed E-state index contributed by atoms with van der Waals surface area (Å²) in [7, 11) is 2.12. The Morgan fingerprint density at radius 3 is 2.89 bits per heavy atom. The van der Waals surface area contributed by atoms with Crippen LogP contribution in [0.25, 0.3) is 0 Å². The van der Waals surface area contributed by atoms with Crippen molar-refractivity contribution in [2.24, 2.45) is 0 Å². The highest BCUT2D eigenvalue weighted by molar-refractivity contribution is 6.30. The Morgan fingerprint density at radius 2 is 2.16 bits per heavy atom. The van der Waals surface area contributed by atoms with Gasteiger partial charge in [-0.25, -0.2) is 0 Å². The average Bonchev–Trinajstić information content (AvgIpc) is 2.40. The first kappa shape index (κ1) is 14.8. The molecule has 0 radical (unpaired) electrons. The van der Waals surface area contributed by atoms with E-state index in [0.717, 1.165) is 50.7 Å². The number of nitrogens with one attached hydrogen (secondary N) is 1. The molecule has 1 aromatic rings. The predicted octanol–water partition coefficient (Wildman–Crippen LogP) is 2.54. The zero-order valence-electron chi connectivity index (χ0n) is 11.6. The summed E-state index contributed by atoms with van der Waals surface area (Å²) in [6.07, 6.45) is 2.72. The number of halogens is 1. The van der Waals surface area contributed by atoms with Gasteiger partial charge >= 0.3 is 0 Å². The minimum Gasteiger partial charge on any atom is -0.377 e. The van der Waals surface area contributed by atoms with Crippen LogP contribution in [0.1, 0.15) is 18.4 Å². The Bertz CT molecular complexity index is 380. The van der Waals surface area contributed by atoms with Gasteiger partial charge in [-0.15, -0.1) is 0 Å². The summed E-state index contributed by atoms with van der Waals surface area (Å²) < 4.78 is 5.91. The second kappa shape index (κ2) is 7.85. The van der Waals surface area contributed by atoms with Crippen LogP contribution in [0, 0.1) is 0 Å². The van der Waals surface area contributed by atoms with Gasteiger partial charge in [0.15, 0.2) is 0 Å². The molecule has 19 heavy (non-hydrogen) atoms. The molecule has 0 atom stereocenters. The highest BCUT2D eigenvalue weighted by Crippen LogP contribution is 2.12. The van der Waals surface area contributed by atoms with Crippen LogP contribution >= 0.6 is 11.6 Å². The van der Waals surface area contributed by atoms with Crippen molar-refractivity contribution in [2.45, 2.75) is 25.5 Å². The molecule has 0 spiro atoms. The molecule has 1 heterocycles. The van der Waals surface area contributed by atoms with Crippen molar-refractivity contribution in [3.05, 3.63) is 34.9 Å². The molecule has 0 amide bonds. The maximum absolute atomic E-state index is 5.99. The number of likely N-dealkylation sites (N-methyl/N-ethyl adjacent to an activating group) is 1. The van der Waals surface area contributed by atoms with Crippen molar-refractivity contribution in [1.29, 1.82) is 0 Å². The van der Waals surface area contributed by atoms with E-state index in [1.54, 1.807) is 0 Å². The van der Waals surface area contributed by atoms with Gasteiger partial charge in [0.25, 0.3) is 0 Å². The highest BCUT2D eigenvalue weighted by atomic mass is 35.5. The van der Waals surface area contributed by atoms with E-state index in [1.807, 2.05) is 18.2 Å². The third-order valence-corrected chi connectivity index (χ3v) is 3.69. The van der Waals surface area contributed by atoms with E-state index in [4.69, 9.17) is 16.3 Å². The lowest BCUT2D eigenvalue weighted by molar-refractivity contribution is 0.0224. The molecule has 2 rings (SSSR count). The van der Waals surface area contributed by atoms with Gasteiger partial charge in [-0.2, -0.15) is 0 Å². The summed E-state index contributed by atoms with van der Waals surface area (Å²) in [5.74, 6) is 0. The molecule has 3 nitrogen and oxygen atoms in total. The van der Waals surface area contributed by atoms with Crippen LogP contribution < -0.4 is 5.32 Å². The molecule has 1 aliphatic rings. The molecule has 1 aromatic carbocycles. The van der Waals surface area contributed by atoms with Gasteiger partial charge in [-0.05, 0) is 50.7 Å². The number of hydrogen-bond acceptors (Lipinski definition) is 3. The number of benzene rings is 1. The smallest absolute Gasteiger partial charge is 0.0600 e. The largest absolute Gasteiger partial charge is 0.377 e. The van der Waals surface area contributed by atoms with Crippen molar-refractivity contribution >= 4 is 11.6 Å². The second-order valence-corrected chi connectivity index (χ2v) is 5.62. The first-order chi connectivity index (χ1) is 9.24. The van der Waals surface area contributed by atoms with E-state index >= 15 is 0 Å². The Morgan fingerprint density at radius 1 is 1.37 bits per heavy atom. The van der Waals surface area contributed by atoms with Crippen molar-refractivity contribution in [2.75, 3.05) is 33.3 Å². The summed E-state index contributed by atoms with van der Waals surface area (Å²) in [5.41, 5.74) is 1.25. The van der Waals surface area contributed by atoms with Crippen molar-refractivity contribution in [3.63, 3.8) is 0 Å². The zero-order chi connectivity index (χ0) is 13.5. The van der Waals surface area contributed by atoms with E-state index in [2.05, 4.69) is 23.3 Å². The van der Waals surface area contributed by atoms with E-state index in [-0.39, 0.29) is 0 Å². The van der Waals surface area contributed by atoms with Crippen LogP contribution in [0.2, 0.25) is 5.02 Å². The fourth-order valence-corrected chi connectivity index (χ4v) is 2.58. The Labute approximate surface area is 120 Å². The van der Waals surface area contributed by atoms with Crippen LogP contribution in [0.4, 0.5) is 0 Å². The number of ether oxygens (including phenoxy) is 1. The van der Waals surface area contributed by atoms with Gasteiger partial charge < -0.3 is 10.1 Å². The Balaban J connectivity index is 1.65. The molecule has 0 aromatic heterocycles. The Hall–Kier alpha value is -0.610. The van der Waals surface area contributed by atoms with Crippen LogP contribution in [-0.4, -0.2) is 44.3 Å². The molecule has 0 saturated carbocycles. The van der Waals surface area contributed by atoms with Gasteiger partial charge in [0.1, 0.15) is 0 Å². The van der Waals surface area contributed by atoms with Gasteiger partial charge in [0.2, 0.25) is 0 Å². The molecule has 0 unspecified atom stereocenters. The van der Waals surface area contributed by atoms with Gasteiger partial charge in [0, 0.05) is 18.1 Å². The molecular weight excluding hydrogens is 260 g/mol. The second-order valence-electron chi connectivity index (χ2n) is 5.19. The topological polar surface area (TPSA) is 24.5 Å². The molecule has 4 heteroatoms. The molecule has 0 aliphatic carbocycles. The van der Waals surface area contributed by atoms with Gasteiger partial charge in [-0.1, -0.05) is 23.7 Å². The molecular formula is C15H23ClN2O. The summed E-state index contributed by atoms with van der Waals surface area (Å²) >= 11 is 5.99. The maximum atomic E-state index is 5.99. The molecule has 1 N–H and O–H groups in total. The maximum Gasteiger partial charge on any atom is 0.0600 e. The summed E-state index contributed by atoms with van der Waals surface area (Å²) in [5, 5.41) is 4.15. The first-order valence-electron chi connectivity index (χ1n) is 6.99. The van der Waals surface area contributed by atoms with E-state index in [9.17, 15) is 0 Å². The predicted molar refractivity (Wildman–Crippen MR) is 79.6 cm³/mol. The van der Waals surface area contributed by atoms with Crippen molar-refractivity contribution in [3.8, 4) is 0 Å². The summed E-state index contributed by atoms with van der Waals surface area (Å²) in [6, 6.07) is 8.03. The van der Waals surface area contributed by atoms with Crippen LogP contribution in [0.15, 0.2) is 24.3 Å². The highest BCUT2D eigenvalue weighted by Gasteiger charge is 2.13. The normalized spacial score (nSPS) is 17.0. The number of hydrogen-bond donors (Lipinski definition) is 1.